The number of ether oxygens (including phenoxy) is 1. The van der Waals surface area contributed by atoms with E-state index >= 15 is 0 Å². The molecule has 14 heteroatoms. The van der Waals surface area contributed by atoms with Crippen LogP contribution in [0.2, 0.25) is 10.0 Å². The van der Waals surface area contributed by atoms with Gasteiger partial charge in [0.05, 0.1) is 63.1 Å². The molecule has 1 aromatic heterocycles. The summed E-state index contributed by atoms with van der Waals surface area (Å²) in [6.45, 7) is 2.64. The Balaban J connectivity index is 1.49. The number of carboxylic acid groups (broad SMARTS) is 1. The Bertz CT molecular complexity index is 1440. The van der Waals surface area contributed by atoms with Crippen LogP contribution in [-0.2, 0) is 15.7 Å². The van der Waals surface area contributed by atoms with Gasteiger partial charge in [-0.1, -0.05) is 23.2 Å². The van der Waals surface area contributed by atoms with E-state index in [4.69, 9.17) is 27.9 Å². The summed E-state index contributed by atoms with van der Waals surface area (Å²) in [7, 11) is 0. The number of nitrogens with zero attached hydrogens (tertiary/aromatic N) is 3. The number of rotatable bonds is 8. The lowest BCUT2D eigenvalue weighted by Gasteiger charge is -2.35. The van der Waals surface area contributed by atoms with Crippen molar-refractivity contribution in [3.05, 3.63) is 51.0 Å². The van der Waals surface area contributed by atoms with Gasteiger partial charge in [-0.2, -0.15) is 18.3 Å². The van der Waals surface area contributed by atoms with E-state index in [1.165, 1.54) is 0 Å². The summed E-state index contributed by atoms with van der Waals surface area (Å²) in [5.41, 5.74) is -4.58. The molecule has 2 saturated heterocycles. The maximum atomic E-state index is 14.6. The number of carbonyl (C=O) groups is 3. The molecular weight excluding hydrogens is 617 g/mol. The summed E-state index contributed by atoms with van der Waals surface area (Å²) >= 11 is 12.2. The summed E-state index contributed by atoms with van der Waals surface area (Å²) < 4.78 is 64.6. The maximum Gasteiger partial charge on any atom is 0.433 e. The fourth-order valence-electron chi connectivity index (χ4n) is 6.71. The molecule has 234 valence electrons. The van der Waals surface area contributed by atoms with Gasteiger partial charge in [0.2, 0.25) is 0 Å². The minimum absolute atomic E-state index is 0.125. The van der Waals surface area contributed by atoms with Crippen LogP contribution in [0.1, 0.15) is 97.7 Å². The van der Waals surface area contributed by atoms with Crippen molar-refractivity contribution in [3.8, 4) is 0 Å². The van der Waals surface area contributed by atoms with Gasteiger partial charge in [-0.25, -0.2) is 4.39 Å². The van der Waals surface area contributed by atoms with E-state index in [-0.39, 0.29) is 47.8 Å². The fraction of sp³-hybridized carbons (Fsp3) is 0.586. The molecule has 0 spiro atoms. The minimum Gasteiger partial charge on any atom is -0.481 e. The molecule has 1 aliphatic carbocycles. The third-order valence-corrected chi connectivity index (χ3v) is 9.88. The molecule has 5 rings (SSSR count). The molecule has 3 fully saturated rings. The van der Waals surface area contributed by atoms with E-state index in [2.05, 4.69) is 5.10 Å². The Kier molecular flexibility index (Phi) is 8.13. The van der Waals surface area contributed by atoms with Crippen molar-refractivity contribution in [2.75, 3.05) is 13.1 Å². The van der Waals surface area contributed by atoms with Crippen molar-refractivity contribution in [1.29, 1.82) is 0 Å². The Morgan fingerprint density at radius 1 is 1.07 bits per heavy atom. The van der Waals surface area contributed by atoms with E-state index in [1.807, 2.05) is 6.92 Å². The molecule has 3 aliphatic rings. The topological polar surface area (TPSA) is 102 Å². The van der Waals surface area contributed by atoms with Gasteiger partial charge in [0.1, 0.15) is 5.82 Å². The van der Waals surface area contributed by atoms with Gasteiger partial charge < -0.3 is 14.7 Å². The van der Waals surface area contributed by atoms with Crippen LogP contribution in [0.3, 0.4) is 0 Å². The first-order valence-corrected chi connectivity index (χ1v) is 14.8. The highest BCUT2D eigenvalue weighted by molar-refractivity contribution is 6.40. The molecule has 1 saturated carbocycles. The Hall–Kier alpha value is -2.70. The SMILES string of the molecule is CC12CCC(CN(CC(=O)c3c(Cl)cc(F)cc3Cl)C(=O)c3cnn(C4CCC(C)(C(=O)O)CC4)c3C(F)(F)F)(CC1)O2. The number of aromatic nitrogens is 2. The van der Waals surface area contributed by atoms with Gasteiger partial charge in [0.15, 0.2) is 11.5 Å². The number of hydrogen-bond donors (Lipinski definition) is 1. The van der Waals surface area contributed by atoms with Gasteiger partial charge in [-0.3, -0.25) is 19.1 Å². The van der Waals surface area contributed by atoms with E-state index in [0.717, 1.165) is 27.9 Å². The molecule has 0 atom stereocenters. The molecule has 8 nitrogen and oxygen atoms in total. The highest BCUT2D eigenvalue weighted by atomic mass is 35.5. The van der Waals surface area contributed by atoms with Gasteiger partial charge >= 0.3 is 12.1 Å². The van der Waals surface area contributed by atoms with Gasteiger partial charge in [0, 0.05) is 0 Å². The zero-order valence-corrected chi connectivity index (χ0v) is 25.1. The van der Waals surface area contributed by atoms with Crippen molar-refractivity contribution in [3.63, 3.8) is 0 Å². The summed E-state index contributed by atoms with van der Waals surface area (Å²) in [6.07, 6.45) is -1.11. The number of aliphatic carboxylic acids is 1. The van der Waals surface area contributed by atoms with Crippen LogP contribution in [-0.4, -0.2) is 61.7 Å². The number of halogens is 6. The molecule has 1 aromatic carbocycles. The summed E-state index contributed by atoms with van der Waals surface area (Å²) in [5.74, 6) is -3.65. The summed E-state index contributed by atoms with van der Waals surface area (Å²) in [5, 5.41) is 12.9. The van der Waals surface area contributed by atoms with E-state index in [0.29, 0.717) is 25.7 Å². The van der Waals surface area contributed by atoms with Crippen LogP contribution < -0.4 is 0 Å². The molecular formula is C29H31Cl2F4N3O5. The number of carbonyl (C=O) groups excluding carboxylic acids is 2. The van der Waals surface area contributed by atoms with Crippen LogP contribution in [0.4, 0.5) is 17.6 Å². The Labute approximate surface area is 255 Å². The third-order valence-electron chi connectivity index (χ3n) is 9.28. The van der Waals surface area contributed by atoms with E-state index < -0.39 is 70.1 Å². The quantitative estimate of drug-likeness (QED) is 0.245. The van der Waals surface area contributed by atoms with E-state index in [9.17, 15) is 37.1 Å². The molecule has 3 heterocycles. The smallest absolute Gasteiger partial charge is 0.433 e. The predicted molar refractivity (Wildman–Crippen MR) is 148 cm³/mol. The van der Waals surface area contributed by atoms with Gasteiger partial charge in [-0.15, -0.1) is 0 Å². The second kappa shape index (κ2) is 11.0. The zero-order chi connectivity index (χ0) is 31.5. The molecule has 0 unspecified atom stereocenters. The maximum absolute atomic E-state index is 14.6. The average Bonchev–Trinajstić information content (AvgIpc) is 3.58. The first-order chi connectivity index (χ1) is 20.0. The van der Waals surface area contributed by atoms with Crippen LogP contribution in [0.15, 0.2) is 18.3 Å². The average molecular weight is 648 g/mol. The normalized spacial score (nSPS) is 28.7. The minimum atomic E-state index is -4.98. The van der Waals surface area contributed by atoms with Crippen molar-refractivity contribution in [1.82, 2.24) is 14.7 Å². The largest absolute Gasteiger partial charge is 0.481 e. The number of benzene rings is 1. The van der Waals surface area contributed by atoms with Crippen molar-refractivity contribution < 1.29 is 41.8 Å². The van der Waals surface area contributed by atoms with E-state index in [1.54, 1.807) is 6.92 Å². The third kappa shape index (κ3) is 6.02. The number of alkyl halides is 3. The molecule has 0 radical (unpaired) electrons. The van der Waals surface area contributed by atoms with Crippen LogP contribution in [0, 0.1) is 11.2 Å². The summed E-state index contributed by atoms with van der Waals surface area (Å²) in [6, 6.07) is 1.00. The molecule has 43 heavy (non-hydrogen) atoms. The lowest BCUT2D eigenvalue weighted by molar-refractivity contribution is -0.152. The molecule has 2 aliphatic heterocycles. The van der Waals surface area contributed by atoms with Crippen LogP contribution in [0.25, 0.3) is 0 Å². The van der Waals surface area contributed by atoms with Gasteiger partial charge in [0.25, 0.3) is 5.91 Å². The lowest BCUT2D eigenvalue weighted by Crippen LogP contribution is -2.47. The number of amides is 1. The molecule has 1 amide bonds. The lowest BCUT2D eigenvalue weighted by atomic mass is 9.74. The fourth-order valence-corrected chi connectivity index (χ4v) is 7.38. The van der Waals surface area contributed by atoms with Crippen LogP contribution >= 0.6 is 23.2 Å². The van der Waals surface area contributed by atoms with Crippen molar-refractivity contribution >= 4 is 40.9 Å². The predicted octanol–water partition coefficient (Wildman–Crippen LogP) is 6.98. The number of ketones is 1. The second-order valence-electron chi connectivity index (χ2n) is 12.5. The monoisotopic (exact) mass is 647 g/mol. The Morgan fingerprint density at radius 3 is 2.14 bits per heavy atom. The molecule has 1 N–H and O–H groups in total. The molecule has 2 aromatic rings. The highest BCUT2D eigenvalue weighted by Crippen LogP contribution is 2.51. The number of fused-ring (bicyclic) bond motifs is 2. The van der Waals surface area contributed by atoms with Crippen molar-refractivity contribution in [2.24, 2.45) is 5.41 Å². The zero-order valence-electron chi connectivity index (χ0n) is 23.6. The second-order valence-corrected chi connectivity index (χ2v) is 13.3. The van der Waals surface area contributed by atoms with Gasteiger partial charge in [-0.05, 0) is 77.3 Å². The number of Topliss-reactive ketones (excluding diaryl/α,β-unsaturated/α-hetero) is 1. The molecule has 2 bridgehead atoms. The van der Waals surface area contributed by atoms with Crippen LogP contribution in [0.5, 0.6) is 0 Å². The number of carboxylic acids is 1. The summed E-state index contributed by atoms with van der Waals surface area (Å²) in [4.78, 5) is 40.1. The number of hydrogen-bond acceptors (Lipinski definition) is 5. The first kappa shape index (κ1) is 31.7. The highest BCUT2D eigenvalue weighted by Gasteiger charge is 2.54. The Morgan fingerprint density at radius 2 is 1.65 bits per heavy atom. The standard InChI is InChI=1S/C29H31Cl2F4N3O5/c1-26(25(41)42)5-3-17(4-6-26)38-23(29(33,34)35)18(13-36-38)24(40)37(15-28-9-7-27(2,43-28)8-10-28)14-21(39)22-19(30)11-16(32)12-20(22)31/h11-13,17H,3-10,14-15H2,1-2H3,(H,41,42). The first-order valence-electron chi connectivity index (χ1n) is 14.0. The van der Waals surface area contributed by atoms with Crippen molar-refractivity contribution in [2.45, 2.75) is 88.6 Å².